The van der Waals surface area contributed by atoms with Crippen LogP contribution >= 0.6 is 28.4 Å². The van der Waals surface area contributed by atoms with Crippen molar-refractivity contribution < 1.29 is 4.79 Å². The first-order valence-electron chi connectivity index (χ1n) is 12.6. The molecule has 2 aromatic carbocycles. The van der Waals surface area contributed by atoms with Crippen LogP contribution in [0.4, 0.5) is 0 Å². The first-order valence-corrected chi connectivity index (χ1v) is 16.7. The van der Waals surface area contributed by atoms with Crippen molar-refractivity contribution in [2.45, 2.75) is 32.2 Å². The van der Waals surface area contributed by atoms with E-state index in [2.05, 4.69) is 86.1 Å². The lowest BCUT2D eigenvalue weighted by atomic mass is 9.88. The van der Waals surface area contributed by atoms with Gasteiger partial charge in [-0.2, -0.15) is 5.10 Å². The number of Topliss-reactive ketones (excluding diaryl/α,β-unsaturated/α-hetero) is 1. The van der Waals surface area contributed by atoms with Gasteiger partial charge in [0, 0.05) is 41.8 Å². The Kier molecular flexibility index (Phi) is 6.86. The number of ketones is 1. The number of rotatable bonds is 6. The van der Waals surface area contributed by atoms with Gasteiger partial charge in [-0.1, -0.05) is 30.3 Å². The molecule has 188 valence electrons. The molecule has 0 aliphatic carbocycles. The number of carbonyl (C=O) groups excluding carboxylic acids is 1. The van der Waals surface area contributed by atoms with E-state index in [0.717, 1.165) is 43.7 Å². The Labute approximate surface area is 231 Å². The average molecular weight is 621 g/mol. The molecular formula is C29H29IN5OP. The maximum Gasteiger partial charge on any atom is 0.159 e. The second-order valence-electron chi connectivity index (χ2n) is 9.93. The third-order valence-corrected chi connectivity index (χ3v) is 9.64. The average Bonchev–Trinajstić information content (AvgIpc) is 3.49. The maximum absolute atomic E-state index is 11.6. The normalized spacial score (nSPS) is 15.4. The second kappa shape index (κ2) is 10.3. The molecule has 1 saturated heterocycles. The highest BCUT2D eigenvalue weighted by atomic mass is 127. The fourth-order valence-corrected chi connectivity index (χ4v) is 7.14. The molecule has 0 N–H and O–H groups in total. The van der Waals surface area contributed by atoms with Crippen molar-refractivity contribution in [1.82, 2.24) is 24.0 Å². The smallest absolute Gasteiger partial charge is 0.159 e. The van der Waals surface area contributed by atoms with Gasteiger partial charge in [-0.05, 0) is 102 Å². The Morgan fingerprint density at radius 1 is 1.08 bits per heavy atom. The number of halogens is 1. The van der Waals surface area contributed by atoms with E-state index in [9.17, 15) is 4.79 Å². The zero-order chi connectivity index (χ0) is 25.5. The van der Waals surface area contributed by atoms with Crippen LogP contribution in [0.2, 0.25) is 0 Å². The van der Waals surface area contributed by atoms with Gasteiger partial charge in [0.05, 0.1) is 18.1 Å². The van der Waals surface area contributed by atoms with Crippen molar-refractivity contribution in [3.8, 4) is 11.1 Å². The molecule has 0 saturated carbocycles. The molecule has 6 rings (SSSR count). The third kappa shape index (κ3) is 4.73. The number of hydrogen-bond donors (Lipinski definition) is 0. The van der Waals surface area contributed by atoms with Crippen LogP contribution in [0.15, 0.2) is 67.0 Å². The summed E-state index contributed by atoms with van der Waals surface area (Å²) >= 11 is 2.37. The van der Waals surface area contributed by atoms with Crippen LogP contribution in [0.1, 0.15) is 47.3 Å². The van der Waals surface area contributed by atoms with Gasteiger partial charge in [0.15, 0.2) is 5.78 Å². The van der Waals surface area contributed by atoms with E-state index >= 15 is 0 Å². The van der Waals surface area contributed by atoms with Crippen molar-refractivity contribution in [2.75, 3.05) is 13.1 Å². The summed E-state index contributed by atoms with van der Waals surface area (Å²) < 4.78 is 4.30. The summed E-state index contributed by atoms with van der Waals surface area (Å²) in [6.07, 6.45) is 6.75. The van der Waals surface area contributed by atoms with Crippen molar-refractivity contribution in [3.63, 3.8) is 0 Å². The molecule has 0 bridgehead atoms. The van der Waals surface area contributed by atoms with Crippen molar-refractivity contribution >= 4 is 56.1 Å². The molecule has 3 aromatic heterocycles. The molecule has 6 nitrogen and oxygen atoms in total. The van der Waals surface area contributed by atoms with Crippen LogP contribution in [0.3, 0.4) is 0 Å². The van der Waals surface area contributed by atoms with Gasteiger partial charge in [0.2, 0.25) is 0 Å². The molecule has 5 aromatic rings. The maximum atomic E-state index is 11.6. The van der Waals surface area contributed by atoms with Gasteiger partial charge in [-0.15, -0.1) is 0 Å². The van der Waals surface area contributed by atoms with Crippen molar-refractivity contribution in [3.05, 3.63) is 83.8 Å². The number of benzene rings is 2. The Balaban J connectivity index is 1.21. The minimum absolute atomic E-state index is 0.127. The molecule has 1 aliphatic rings. The number of piperidine rings is 1. The lowest BCUT2D eigenvalue weighted by molar-refractivity contribution is 0.101. The first kappa shape index (κ1) is 24.7. The predicted octanol–water partition coefficient (Wildman–Crippen LogP) is 6.96. The van der Waals surface area contributed by atoms with Gasteiger partial charge >= 0.3 is 0 Å². The summed E-state index contributed by atoms with van der Waals surface area (Å²) in [5.41, 5.74) is 8.05. The predicted molar refractivity (Wildman–Crippen MR) is 161 cm³/mol. The van der Waals surface area contributed by atoms with Crippen LogP contribution in [-0.4, -0.2) is 42.9 Å². The highest BCUT2D eigenvalue weighted by molar-refractivity contribution is 14.2. The first-order chi connectivity index (χ1) is 18.0. The Bertz CT molecular complexity index is 1600. The van der Waals surface area contributed by atoms with E-state index in [4.69, 9.17) is 4.98 Å². The lowest BCUT2D eigenvalue weighted by Crippen LogP contribution is -2.33. The quantitative estimate of drug-likeness (QED) is 0.117. The van der Waals surface area contributed by atoms with E-state index in [1.165, 1.54) is 38.7 Å². The molecule has 37 heavy (non-hydrogen) atoms. The van der Waals surface area contributed by atoms with E-state index in [-0.39, 0.29) is 5.78 Å². The largest absolute Gasteiger partial charge is 0.331 e. The highest BCUT2D eigenvalue weighted by Crippen LogP contribution is 2.35. The van der Waals surface area contributed by atoms with Gasteiger partial charge < -0.3 is 4.57 Å². The Hall–Kier alpha value is -2.61. The standard InChI is InChI=1S/C29H29IN5OP/c1-19(36)20-3-5-21(6-4-20)22-10-13-34(14-11-22)18-25-16-27-26(9-12-31-29(27)33(25)2)23-7-8-28-24(15-23)17-32-35(28)37-30/h3-9,12,15-17,22,37H,10-11,13-14,18H2,1-2H3. The minimum atomic E-state index is 0.127. The molecule has 1 fully saturated rings. The van der Waals surface area contributed by atoms with E-state index in [1.54, 1.807) is 6.92 Å². The molecular weight excluding hydrogens is 592 g/mol. The third-order valence-electron chi connectivity index (χ3n) is 7.75. The number of pyridine rings is 1. The zero-order valence-electron chi connectivity index (χ0n) is 21.0. The number of nitrogens with zero attached hydrogens (tertiary/aromatic N) is 5. The summed E-state index contributed by atoms with van der Waals surface area (Å²) in [4.78, 5) is 18.9. The van der Waals surface area contributed by atoms with Crippen LogP contribution in [0.25, 0.3) is 33.1 Å². The van der Waals surface area contributed by atoms with Gasteiger partial charge in [-0.3, -0.25) is 9.69 Å². The summed E-state index contributed by atoms with van der Waals surface area (Å²) in [7, 11) is 2.13. The number of carbonyl (C=O) groups is 1. The van der Waals surface area contributed by atoms with E-state index < -0.39 is 0 Å². The molecule has 8 heteroatoms. The molecule has 0 spiro atoms. The van der Waals surface area contributed by atoms with E-state index in [1.807, 2.05) is 29.0 Å². The monoisotopic (exact) mass is 621 g/mol. The molecule has 0 radical (unpaired) electrons. The summed E-state index contributed by atoms with van der Waals surface area (Å²) in [6, 6.07) is 19.3. The topological polar surface area (TPSA) is 56.0 Å². The van der Waals surface area contributed by atoms with Crippen LogP contribution in [0, 0.1) is 0 Å². The van der Waals surface area contributed by atoms with E-state index in [0.29, 0.717) is 12.3 Å². The summed E-state index contributed by atoms with van der Waals surface area (Å²) in [5, 5.41) is 6.88. The number of aromatic nitrogens is 4. The summed E-state index contributed by atoms with van der Waals surface area (Å²) in [5.74, 6) is 0.687. The highest BCUT2D eigenvalue weighted by Gasteiger charge is 2.22. The fraction of sp³-hybridized carbons (Fsp3) is 0.276. The van der Waals surface area contributed by atoms with Crippen molar-refractivity contribution in [1.29, 1.82) is 0 Å². The number of likely N-dealkylation sites (tertiary alicyclic amines) is 1. The fourth-order valence-electron chi connectivity index (χ4n) is 5.59. The SMILES string of the molecule is CC(=O)c1ccc(C2CCN(Cc3cc4c(-c5ccc6c(cnn6PI)c5)ccnc4n3C)CC2)cc1. The minimum Gasteiger partial charge on any atom is -0.331 e. The van der Waals surface area contributed by atoms with Gasteiger partial charge in [0.1, 0.15) is 5.65 Å². The number of fused-ring (bicyclic) bond motifs is 2. The van der Waals surface area contributed by atoms with Crippen LogP contribution < -0.4 is 0 Å². The molecule has 4 heterocycles. The van der Waals surface area contributed by atoms with Crippen LogP contribution in [-0.2, 0) is 13.6 Å². The van der Waals surface area contributed by atoms with Gasteiger partial charge in [-0.25, -0.2) is 9.44 Å². The molecule has 1 aliphatic heterocycles. The Morgan fingerprint density at radius 2 is 1.86 bits per heavy atom. The second-order valence-corrected chi connectivity index (χ2v) is 12.0. The number of hydrogen-bond acceptors (Lipinski definition) is 4. The zero-order valence-corrected chi connectivity index (χ0v) is 24.1. The molecule has 1 unspecified atom stereocenters. The Morgan fingerprint density at radius 3 is 2.59 bits per heavy atom. The van der Waals surface area contributed by atoms with Crippen LogP contribution in [0.5, 0.6) is 0 Å². The van der Waals surface area contributed by atoms with Gasteiger partial charge in [0.25, 0.3) is 0 Å². The number of aryl methyl sites for hydroxylation is 1. The molecule has 1 atom stereocenters. The lowest BCUT2D eigenvalue weighted by Gasteiger charge is -2.32. The summed E-state index contributed by atoms with van der Waals surface area (Å²) in [6.45, 7) is 4.68. The molecule has 0 amide bonds. The van der Waals surface area contributed by atoms with Crippen molar-refractivity contribution in [2.24, 2.45) is 7.05 Å².